The Hall–Kier alpha value is -0.510. The van der Waals surface area contributed by atoms with Crippen molar-refractivity contribution in [1.29, 1.82) is 0 Å². The van der Waals surface area contributed by atoms with Crippen LogP contribution in [-0.2, 0) is 9.84 Å². The molecule has 0 atom stereocenters. The minimum atomic E-state index is -3.01. The quantitative estimate of drug-likeness (QED) is 0.479. The molecule has 0 saturated heterocycles. The third kappa shape index (κ3) is 1.01. The topological polar surface area (TPSA) is 60.2 Å². The van der Waals surface area contributed by atoms with Gasteiger partial charge in [-0.15, -0.1) is 0 Å². The maximum atomic E-state index is 10.4. The molecule has 2 N–H and O–H groups in total. The Morgan fingerprint density at radius 1 is 1.62 bits per heavy atom. The van der Waals surface area contributed by atoms with Crippen LogP contribution in [0.2, 0.25) is 0 Å². The molecule has 4 heteroatoms. The van der Waals surface area contributed by atoms with Crippen LogP contribution in [0.1, 0.15) is 6.42 Å². The largest absolute Gasteiger partial charge is 0.401 e. The molecule has 45 valence electrons. The Bertz CT molecular complexity index is 214. The SMILES string of the molecule is NC1=[C]S(=O)(=O)CC1. The fourth-order valence-electron chi connectivity index (χ4n) is 0.546. The highest BCUT2D eigenvalue weighted by atomic mass is 32.2. The van der Waals surface area contributed by atoms with Gasteiger partial charge in [-0.2, -0.15) is 0 Å². The van der Waals surface area contributed by atoms with Crippen LogP contribution >= 0.6 is 0 Å². The van der Waals surface area contributed by atoms with E-state index in [1.165, 1.54) is 0 Å². The second kappa shape index (κ2) is 1.48. The minimum Gasteiger partial charge on any atom is -0.401 e. The molecule has 1 aliphatic rings. The van der Waals surface area contributed by atoms with Crippen LogP contribution < -0.4 is 5.73 Å². The number of sulfone groups is 1. The molecule has 0 fully saturated rings. The molecule has 0 amide bonds. The average Bonchev–Trinajstić information content (AvgIpc) is 1.82. The first-order chi connectivity index (χ1) is 3.60. The summed E-state index contributed by atoms with van der Waals surface area (Å²) in [6.45, 7) is 0. The average molecular weight is 132 g/mol. The van der Waals surface area contributed by atoms with Gasteiger partial charge in [0.25, 0.3) is 0 Å². The fraction of sp³-hybridized carbons (Fsp3) is 0.500. The van der Waals surface area contributed by atoms with Gasteiger partial charge in [-0.05, 0) is 0 Å². The lowest BCUT2D eigenvalue weighted by molar-refractivity contribution is 0.605. The number of hydrogen-bond acceptors (Lipinski definition) is 3. The molecule has 0 aromatic heterocycles. The van der Waals surface area contributed by atoms with Crippen LogP contribution in [0.4, 0.5) is 0 Å². The lowest BCUT2D eigenvalue weighted by Crippen LogP contribution is -1.93. The van der Waals surface area contributed by atoms with Crippen molar-refractivity contribution in [2.24, 2.45) is 5.73 Å². The highest BCUT2D eigenvalue weighted by molar-refractivity contribution is 7.93. The summed E-state index contributed by atoms with van der Waals surface area (Å²) < 4.78 is 20.9. The zero-order valence-corrected chi connectivity index (χ0v) is 5.03. The number of rotatable bonds is 0. The third-order valence-electron chi connectivity index (χ3n) is 0.927. The molecule has 0 bridgehead atoms. The Labute approximate surface area is 48.1 Å². The summed E-state index contributed by atoms with van der Waals surface area (Å²) in [6.07, 6.45) is 0.447. The molecule has 1 radical (unpaired) electrons. The van der Waals surface area contributed by atoms with Crippen LogP contribution in [0.15, 0.2) is 5.70 Å². The summed E-state index contributed by atoms with van der Waals surface area (Å²) in [5.41, 5.74) is 5.49. The molecular weight excluding hydrogens is 126 g/mol. The van der Waals surface area contributed by atoms with Crippen molar-refractivity contribution in [3.63, 3.8) is 0 Å². The van der Waals surface area contributed by atoms with E-state index in [9.17, 15) is 8.42 Å². The van der Waals surface area contributed by atoms with E-state index in [0.717, 1.165) is 0 Å². The molecule has 8 heavy (non-hydrogen) atoms. The van der Waals surface area contributed by atoms with Crippen molar-refractivity contribution in [1.82, 2.24) is 0 Å². The van der Waals surface area contributed by atoms with Gasteiger partial charge in [-0.25, -0.2) is 8.42 Å². The van der Waals surface area contributed by atoms with E-state index in [2.05, 4.69) is 5.41 Å². The first-order valence-electron chi connectivity index (χ1n) is 2.22. The number of nitrogens with two attached hydrogens (primary N) is 1. The summed E-state index contributed by atoms with van der Waals surface area (Å²) in [4.78, 5) is 0. The van der Waals surface area contributed by atoms with Crippen LogP contribution in [0.5, 0.6) is 0 Å². The molecule has 0 saturated carbocycles. The molecule has 0 spiro atoms. The summed E-state index contributed by atoms with van der Waals surface area (Å²) in [5.74, 6) is 0.138. The van der Waals surface area contributed by atoms with Gasteiger partial charge in [-0.3, -0.25) is 0 Å². The van der Waals surface area contributed by atoms with Gasteiger partial charge in [0.1, 0.15) is 5.41 Å². The second-order valence-electron chi connectivity index (χ2n) is 1.70. The Balaban J connectivity index is 3.00. The Morgan fingerprint density at radius 2 is 2.25 bits per heavy atom. The third-order valence-corrected chi connectivity index (χ3v) is 2.24. The zero-order chi connectivity index (χ0) is 6.20. The monoisotopic (exact) mass is 132 g/mol. The van der Waals surface area contributed by atoms with Crippen molar-refractivity contribution in [3.05, 3.63) is 11.1 Å². The molecular formula is C4H6NO2S. The summed E-state index contributed by atoms with van der Waals surface area (Å²) >= 11 is 0. The first kappa shape index (κ1) is 5.62. The highest BCUT2D eigenvalue weighted by Crippen LogP contribution is 2.09. The van der Waals surface area contributed by atoms with E-state index in [-0.39, 0.29) is 5.75 Å². The van der Waals surface area contributed by atoms with Gasteiger partial charge in [-0.1, -0.05) is 0 Å². The Kier molecular flexibility index (Phi) is 1.04. The van der Waals surface area contributed by atoms with E-state index in [4.69, 9.17) is 5.73 Å². The molecule has 0 unspecified atom stereocenters. The first-order valence-corrected chi connectivity index (χ1v) is 3.87. The Morgan fingerprint density at radius 3 is 2.38 bits per heavy atom. The lowest BCUT2D eigenvalue weighted by atomic mass is 10.4. The molecule has 3 nitrogen and oxygen atoms in total. The van der Waals surface area contributed by atoms with Gasteiger partial charge >= 0.3 is 0 Å². The smallest absolute Gasteiger partial charge is 0.181 e. The maximum absolute atomic E-state index is 10.4. The number of allylic oxidation sites excluding steroid dienone is 1. The van der Waals surface area contributed by atoms with Crippen molar-refractivity contribution < 1.29 is 8.42 Å². The van der Waals surface area contributed by atoms with Crippen LogP contribution in [0, 0.1) is 5.41 Å². The van der Waals surface area contributed by atoms with E-state index >= 15 is 0 Å². The predicted molar refractivity (Wildman–Crippen MR) is 29.3 cm³/mol. The van der Waals surface area contributed by atoms with Crippen LogP contribution in [0.3, 0.4) is 0 Å². The van der Waals surface area contributed by atoms with E-state index in [0.29, 0.717) is 12.1 Å². The zero-order valence-electron chi connectivity index (χ0n) is 4.22. The summed E-state index contributed by atoms with van der Waals surface area (Å²) in [7, 11) is -3.01. The standard InChI is InChI=1S/C4H6NO2S/c5-4-1-2-8(6,7)3-4/h1-2,5H2. The van der Waals surface area contributed by atoms with Crippen molar-refractivity contribution >= 4 is 9.84 Å². The highest BCUT2D eigenvalue weighted by Gasteiger charge is 2.16. The predicted octanol–water partition coefficient (Wildman–Crippen LogP) is -0.592. The minimum absolute atomic E-state index is 0.138. The molecule has 0 aromatic rings. The fourth-order valence-corrected chi connectivity index (χ4v) is 1.64. The summed E-state index contributed by atoms with van der Waals surface area (Å²) in [5, 5.41) is 2.16. The van der Waals surface area contributed by atoms with Crippen molar-refractivity contribution in [2.45, 2.75) is 6.42 Å². The molecule has 0 aliphatic carbocycles. The van der Waals surface area contributed by atoms with Crippen LogP contribution in [0.25, 0.3) is 0 Å². The van der Waals surface area contributed by atoms with Gasteiger partial charge in [0.05, 0.1) is 5.75 Å². The maximum Gasteiger partial charge on any atom is 0.181 e. The lowest BCUT2D eigenvalue weighted by Gasteiger charge is -1.80. The molecule has 1 rings (SSSR count). The normalized spacial score (nSPS) is 25.2. The second-order valence-corrected chi connectivity index (χ2v) is 3.54. The van der Waals surface area contributed by atoms with Gasteiger partial charge in [0, 0.05) is 12.1 Å². The molecule has 0 aromatic carbocycles. The summed E-state index contributed by atoms with van der Waals surface area (Å²) in [6, 6.07) is 0. The van der Waals surface area contributed by atoms with Gasteiger partial charge in [0.15, 0.2) is 9.84 Å². The van der Waals surface area contributed by atoms with Crippen molar-refractivity contribution in [2.75, 3.05) is 5.75 Å². The van der Waals surface area contributed by atoms with E-state index < -0.39 is 9.84 Å². The number of hydrogen-bond donors (Lipinski definition) is 1. The van der Waals surface area contributed by atoms with Gasteiger partial charge < -0.3 is 5.73 Å². The van der Waals surface area contributed by atoms with Gasteiger partial charge in [0.2, 0.25) is 0 Å². The van der Waals surface area contributed by atoms with E-state index in [1.807, 2.05) is 0 Å². The van der Waals surface area contributed by atoms with Crippen LogP contribution in [-0.4, -0.2) is 14.2 Å². The molecule has 1 heterocycles. The van der Waals surface area contributed by atoms with Crippen molar-refractivity contribution in [3.8, 4) is 0 Å². The van der Waals surface area contributed by atoms with E-state index in [1.54, 1.807) is 0 Å². The molecule has 1 aliphatic heterocycles.